The number of amides is 1. The third kappa shape index (κ3) is 9.13. The van der Waals surface area contributed by atoms with Crippen LogP contribution in [-0.2, 0) is 31.7 Å². The van der Waals surface area contributed by atoms with Gasteiger partial charge in [-0.25, -0.2) is 4.79 Å². The summed E-state index contributed by atoms with van der Waals surface area (Å²) in [7, 11) is 3.04. The van der Waals surface area contributed by atoms with Gasteiger partial charge in [0, 0.05) is 25.7 Å². The van der Waals surface area contributed by atoms with Gasteiger partial charge in [-0.15, -0.1) is 0 Å². The van der Waals surface area contributed by atoms with Crippen LogP contribution in [0.4, 0.5) is 18.9 Å². The maximum absolute atomic E-state index is 14.3. The third-order valence-corrected chi connectivity index (χ3v) is 8.63. The van der Waals surface area contributed by atoms with Crippen molar-refractivity contribution >= 4 is 17.6 Å². The van der Waals surface area contributed by atoms with Gasteiger partial charge in [0.05, 0.1) is 61.6 Å². The van der Waals surface area contributed by atoms with Crippen LogP contribution in [0.2, 0.25) is 0 Å². The molecule has 1 amide bonds. The van der Waals surface area contributed by atoms with Gasteiger partial charge in [-0.05, 0) is 74.8 Å². The molecule has 0 saturated heterocycles. The zero-order valence-corrected chi connectivity index (χ0v) is 28.2. The molecule has 3 aromatic rings. The molecule has 0 aliphatic heterocycles. The van der Waals surface area contributed by atoms with Gasteiger partial charge in [-0.1, -0.05) is 26.3 Å². The number of benzene rings is 2. The Hall–Kier alpha value is -3.97. The molecule has 1 heterocycles. The molecule has 1 aromatic heterocycles. The second-order valence-corrected chi connectivity index (χ2v) is 12.3. The van der Waals surface area contributed by atoms with E-state index in [4.69, 9.17) is 18.9 Å². The largest absolute Gasteiger partial charge is 0.462 e. The monoisotopic (exact) mass is 674 g/mol. The average molecular weight is 675 g/mol. The fourth-order valence-corrected chi connectivity index (χ4v) is 6.00. The van der Waals surface area contributed by atoms with Crippen LogP contribution in [0.15, 0.2) is 42.7 Å². The number of nitrogens with zero attached hydrogens (tertiary/aromatic N) is 4. The van der Waals surface area contributed by atoms with Gasteiger partial charge in [-0.2, -0.15) is 28.2 Å². The summed E-state index contributed by atoms with van der Waals surface area (Å²) in [5.74, 6) is -1.07. The van der Waals surface area contributed by atoms with Crippen LogP contribution in [0.3, 0.4) is 0 Å². The Bertz CT molecular complexity index is 1500. The lowest BCUT2D eigenvalue weighted by Crippen LogP contribution is -2.49. The number of esters is 1. The lowest BCUT2D eigenvalue weighted by Gasteiger charge is -2.37. The summed E-state index contributed by atoms with van der Waals surface area (Å²) >= 11 is 0. The first-order chi connectivity index (χ1) is 23.0. The second-order valence-electron chi connectivity index (χ2n) is 12.3. The molecule has 2 aromatic carbocycles. The highest BCUT2D eigenvalue weighted by atomic mass is 19.4. The molecule has 1 aliphatic carbocycles. The molecule has 0 N–H and O–H groups in total. The van der Waals surface area contributed by atoms with E-state index in [0.717, 1.165) is 25.3 Å². The van der Waals surface area contributed by atoms with E-state index < -0.39 is 29.5 Å². The van der Waals surface area contributed by atoms with Crippen LogP contribution in [0.5, 0.6) is 11.5 Å². The van der Waals surface area contributed by atoms with Crippen molar-refractivity contribution in [1.29, 1.82) is 0 Å². The third-order valence-electron chi connectivity index (χ3n) is 8.63. The van der Waals surface area contributed by atoms with E-state index in [2.05, 4.69) is 17.1 Å². The lowest BCUT2D eigenvalue weighted by molar-refractivity contribution is -0.138. The molecule has 1 aliphatic rings. The fraction of sp³-hybridized carbons (Fsp3) is 0.543. The van der Waals surface area contributed by atoms with E-state index in [0.29, 0.717) is 30.7 Å². The quantitative estimate of drug-likeness (QED) is 0.123. The van der Waals surface area contributed by atoms with Crippen LogP contribution in [0.25, 0.3) is 0 Å². The Morgan fingerprint density at radius 1 is 1.00 bits per heavy atom. The Morgan fingerprint density at radius 2 is 1.65 bits per heavy atom. The summed E-state index contributed by atoms with van der Waals surface area (Å²) in [6.45, 7) is 6.12. The molecular formula is C35H45F3N4O6. The highest BCUT2D eigenvalue weighted by Crippen LogP contribution is 2.42. The average Bonchev–Trinajstić information content (AvgIpc) is 3.56. The molecule has 0 atom stereocenters. The van der Waals surface area contributed by atoms with E-state index in [-0.39, 0.29) is 60.8 Å². The summed E-state index contributed by atoms with van der Waals surface area (Å²) in [6, 6.07) is 6.16. The number of alkyl halides is 3. The van der Waals surface area contributed by atoms with Crippen LogP contribution < -0.4 is 9.64 Å². The van der Waals surface area contributed by atoms with Crippen molar-refractivity contribution in [3.8, 4) is 11.5 Å². The Kier molecular flexibility index (Phi) is 13.0. The molecule has 1 saturated carbocycles. The molecule has 262 valence electrons. The SMILES string of the molecule is CCCCOC(=O)c1c(N(C(=O)C2CCC(C)CC2)C(COC)COC)ccc(Oc2ccc(Cn3nccn3)cc2C(F)(F)F)c1C. The van der Waals surface area contributed by atoms with Crippen LogP contribution in [0.1, 0.15) is 79.4 Å². The first-order valence-electron chi connectivity index (χ1n) is 16.3. The Labute approximate surface area is 279 Å². The molecule has 1 fully saturated rings. The number of anilines is 1. The molecule has 13 heteroatoms. The summed E-state index contributed by atoms with van der Waals surface area (Å²) in [5, 5.41) is 7.93. The first-order valence-corrected chi connectivity index (χ1v) is 16.3. The number of aromatic nitrogens is 3. The molecule has 48 heavy (non-hydrogen) atoms. The number of halogens is 3. The Morgan fingerprint density at radius 3 is 2.25 bits per heavy atom. The molecular weight excluding hydrogens is 629 g/mol. The van der Waals surface area contributed by atoms with Crippen molar-refractivity contribution < 1.29 is 41.7 Å². The van der Waals surface area contributed by atoms with Crippen LogP contribution in [0, 0.1) is 18.8 Å². The molecule has 0 radical (unpaired) electrons. The van der Waals surface area contributed by atoms with E-state index in [9.17, 15) is 22.8 Å². The van der Waals surface area contributed by atoms with Gasteiger partial charge < -0.3 is 23.8 Å². The first kappa shape index (κ1) is 36.9. The standard InChI is InChI=1S/C35H45F3N4O6/c1-6-7-18-47-34(44)32-24(3)30(48-31-14-10-25(19-28(31)35(36,37)38)20-41-39-16-17-40-41)15-13-29(32)42(27(21-45-4)22-46-5)33(43)26-11-8-23(2)9-12-26/h10,13-17,19,23,26-27H,6-9,11-12,18,20-22H2,1-5H3. The smallest absolute Gasteiger partial charge is 0.419 e. The number of hydrogen-bond acceptors (Lipinski definition) is 8. The van der Waals surface area contributed by atoms with Gasteiger partial charge in [0.1, 0.15) is 11.5 Å². The number of hydrogen-bond donors (Lipinski definition) is 0. The fourth-order valence-electron chi connectivity index (χ4n) is 6.00. The van der Waals surface area contributed by atoms with Crippen molar-refractivity contribution in [2.24, 2.45) is 11.8 Å². The van der Waals surface area contributed by atoms with Gasteiger partial charge in [-0.3, -0.25) is 4.79 Å². The van der Waals surface area contributed by atoms with Crippen molar-refractivity contribution in [1.82, 2.24) is 15.0 Å². The summed E-state index contributed by atoms with van der Waals surface area (Å²) in [5.41, 5.74) is -0.135. The minimum absolute atomic E-state index is 0.0158. The number of methoxy groups -OCH3 is 2. The molecule has 4 rings (SSSR count). The minimum atomic E-state index is -4.74. The summed E-state index contributed by atoms with van der Waals surface area (Å²) in [6.07, 6.45) is 2.74. The number of carbonyl (C=O) groups excluding carboxylic acids is 2. The van der Waals surface area contributed by atoms with Gasteiger partial charge in [0.15, 0.2) is 0 Å². The van der Waals surface area contributed by atoms with Crippen molar-refractivity contribution in [2.75, 3.05) is 38.9 Å². The number of ether oxygens (including phenoxy) is 4. The van der Waals surface area contributed by atoms with E-state index >= 15 is 0 Å². The molecule has 0 bridgehead atoms. The normalized spacial score (nSPS) is 16.6. The summed E-state index contributed by atoms with van der Waals surface area (Å²) < 4.78 is 65.5. The predicted octanol–water partition coefficient (Wildman–Crippen LogP) is 7.22. The predicted molar refractivity (Wildman–Crippen MR) is 173 cm³/mol. The molecule has 10 nitrogen and oxygen atoms in total. The van der Waals surface area contributed by atoms with Crippen molar-refractivity contribution in [3.63, 3.8) is 0 Å². The van der Waals surface area contributed by atoms with Crippen LogP contribution >= 0.6 is 0 Å². The van der Waals surface area contributed by atoms with Crippen molar-refractivity contribution in [3.05, 3.63) is 65.0 Å². The lowest BCUT2D eigenvalue weighted by atomic mass is 9.82. The van der Waals surface area contributed by atoms with E-state index in [1.807, 2.05) is 6.92 Å². The zero-order valence-electron chi connectivity index (χ0n) is 28.2. The zero-order chi connectivity index (χ0) is 34.8. The highest BCUT2D eigenvalue weighted by molar-refractivity contribution is 6.05. The van der Waals surface area contributed by atoms with Gasteiger partial charge in [0.25, 0.3) is 0 Å². The molecule has 0 spiro atoms. The van der Waals surface area contributed by atoms with Gasteiger partial charge in [0.2, 0.25) is 5.91 Å². The van der Waals surface area contributed by atoms with E-state index in [1.165, 1.54) is 55.7 Å². The minimum Gasteiger partial charge on any atom is -0.462 e. The maximum Gasteiger partial charge on any atom is 0.419 e. The highest BCUT2D eigenvalue weighted by Gasteiger charge is 2.38. The maximum atomic E-state index is 14.3. The number of carbonyl (C=O) groups is 2. The molecule has 0 unspecified atom stereocenters. The topological polar surface area (TPSA) is 105 Å². The Balaban J connectivity index is 1.81. The van der Waals surface area contributed by atoms with Crippen molar-refractivity contribution in [2.45, 2.75) is 78.1 Å². The second kappa shape index (κ2) is 16.9. The summed E-state index contributed by atoms with van der Waals surface area (Å²) in [4.78, 5) is 30.9. The van der Waals surface area contributed by atoms with E-state index in [1.54, 1.807) is 11.8 Å². The number of rotatable bonds is 15. The van der Waals surface area contributed by atoms with Gasteiger partial charge >= 0.3 is 12.1 Å². The number of unbranched alkanes of at least 4 members (excludes halogenated alkanes) is 1. The van der Waals surface area contributed by atoms with Crippen LogP contribution in [-0.4, -0.2) is 67.0 Å².